The first-order valence-corrected chi connectivity index (χ1v) is 5.58. The molecule has 1 rings (SSSR count). The zero-order valence-electron chi connectivity index (χ0n) is 7.99. The molecule has 14 heavy (non-hydrogen) atoms. The lowest BCUT2D eigenvalue weighted by molar-refractivity contribution is -0.0465. The summed E-state index contributed by atoms with van der Waals surface area (Å²) in [5, 5.41) is 17.3. The van der Waals surface area contributed by atoms with Crippen LogP contribution < -0.4 is 0 Å². The maximum atomic E-state index is 8.64. The van der Waals surface area contributed by atoms with Gasteiger partial charge in [-0.25, -0.2) is 0 Å². The summed E-state index contributed by atoms with van der Waals surface area (Å²) >= 11 is 3.41. The summed E-state index contributed by atoms with van der Waals surface area (Å²) in [6, 6.07) is 8.19. The zero-order valence-corrected chi connectivity index (χ0v) is 9.57. The summed E-state index contributed by atoms with van der Waals surface area (Å²) in [4.78, 5) is 0. The van der Waals surface area contributed by atoms with Gasteiger partial charge in [0.1, 0.15) is 0 Å². The Balaban J connectivity index is 2.25. The van der Waals surface area contributed by atoms with E-state index in [2.05, 4.69) is 28.1 Å². The monoisotopic (exact) mass is 258 g/mol. The van der Waals surface area contributed by atoms with Crippen LogP contribution >= 0.6 is 15.9 Å². The molecule has 0 aliphatic rings. The molecule has 0 fully saturated rings. The maximum absolute atomic E-state index is 8.64. The highest BCUT2D eigenvalue weighted by atomic mass is 79.9. The van der Waals surface area contributed by atoms with Gasteiger partial charge in [0, 0.05) is 4.47 Å². The van der Waals surface area contributed by atoms with Crippen molar-refractivity contribution in [3.8, 4) is 0 Å². The predicted octanol–water partition coefficient (Wildman–Crippen LogP) is 2.47. The van der Waals surface area contributed by atoms with Crippen LogP contribution in [0.5, 0.6) is 0 Å². The third-order valence-electron chi connectivity index (χ3n) is 2.07. The van der Waals surface area contributed by atoms with Crippen LogP contribution in [0.4, 0.5) is 0 Å². The summed E-state index contributed by atoms with van der Waals surface area (Å²) in [5.41, 5.74) is 1.28. The predicted molar refractivity (Wildman–Crippen MR) is 59.9 cm³/mol. The van der Waals surface area contributed by atoms with Crippen LogP contribution in [0.15, 0.2) is 28.7 Å². The number of hydrogen-bond donors (Lipinski definition) is 2. The second-order valence-corrected chi connectivity index (χ2v) is 4.27. The maximum Gasteiger partial charge on any atom is 0.151 e. The lowest BCUT2D eigenvalue weighted by atomic mass is 10.1. The van der Waals surface area contributed by atoms with Gasteiger partial charge in [-0.15, -0.1) is 0 Å². The van der Waals surface area contributed by atoms with Gasteiger partial charge in [0.15, 0.2) is 6.29 Å². The van der Waals surface area contributed by atoms with E-state index in [9.17, 15) is 0 Å². The normalized spacial score (nSPS) is 10.9. The van der Waals surface area contributed by atoms with Gasteiger partial charge in [0.05, 0.1) is 0 Å². The average molecular weight is 259 g/mol. The molecule has 0 unspecified atom stereocenters. The van der Waals surface area contributed by atoms with Crippen molar-refractivity contribution in [2.75, 3.05) is 0 Å². The molecule has 2 N–H and O–H groups in total. The second kappa shape index (κ2) is 6.17. The molecule has 0 aromatic heterocycles. The van der Waals surface area contributed by atoms with Gasteiger partial charge in [-0.05, 0) is 43.4 Å². The number of halogens is 1. The third-order valence-corrected chi connectivity index (χ3v) is 2.56. The lowest BCUT2D eigenvalue weighted by Crippen LogP contribution is -2.03. The molecule has 0 saturated carbocycles. The van der Waals surface area contributed by atoms with Gasteiger partial charge in [0.2, 0.25) is 0 Å². The first-order chi connectivity index (χ1) is 6.68. The van der Waals surface area contributed by atoms with Crippen LogP contribution in [0.25, 0.3) is 0 Å². The van der Waals surface area contributed by atoms with E-state index in [0.29, 0.717) is 6.42 Å². The summed E-state index contributed by atoms with van der Waals surface area (Å²) in [6.45, 7) is 0. The number of aliphatic hydroxyl groups excluding tert-OH is 1. The van der Waals surface area contributed by atoms with Crippen molar-refractivity contribution in [2.24, 2.45) is 0 Å². The number of benzene rings is 1. The summed E-state index contributed by atoms with van der Waals surface area (Å²) in [7, 11) is 0. The fraction of sp³-hybridized carbons (Fsp3) is 0.455. The zero-order chi connectivity index (χ0) is 10.4. The minimum absolute atomic E-state index is 0.466. The Labute approximate surface area is 92.7 Å². The largest absolute Gasteiger partial charge is 0.368 e. The summed E-state index contributed by atoms with van der Waals surface area (Å²) in [6.07, 6.45) is 2.15. The quantitative estimate of drug-likeness (QED) is 0.630. The van der Waals surface area contributed by atoms with Crippen molar-refractivity contribution >= 4 is 15.9 Å². The molecule has 0 aliphatic heterocycles. The molecule has 78 valence electrons. The average Bonchev–Trinajstić information content (AvgIpc) is 2.12. The van der Waals surface area contributed by atoms with Crippen molar-refractivity contribution in [1.29, 1.82) is 0 Å². The Bertz CT molecular complexity index is 274. The molecule has 0 heterocycles. The Hall–Kier alpha value is -0.380. The highest BCUT2D eigenvalue weighted by molar-refractivity contribution is 9.10. The van der Waals surface area contributed by atoms with Crippen molar-refractivity contribution in [3.05, 3.63) is 34.3 Å². The van der Waals surface area contributed by atoms with E-state index in [4.69, 9.17) is 10.2 Å². The lowest BCUT2D eigenvalue weighted by Gasteiger charge is -2.03. The van der Waals surface area contributed by atoms with Crippen molar-refractivity contribution in [1.82, 2.24) is 0 Å². The molecule has 2 nitrogen and oxygen atoms in total. The van der Waals surface area contributed by atoms with Gasteiger partial charge in [-0.1, -0.05) is 28.1 Å². The number of aryl methyl sites for hydroxylation is 1. The molecule has 1 aromatic carbocycles. The minimum Gasteiger partial charge on any atom is -0.368 e. The van der Waals surface area contributed by atoms with E-state index in [1.54, 1.807) is 0 Å². The van der Waals surface area contributed by atoms with E-state index >= 15 is 0 Å². The second-order valence-electron chi connectivity index (χ2n) is 3.36. The van der Waals surface area contributed by atoms with E-state index in [1.807, 2.05) is 12.1 Å². The van der Waals surface area contributed by atoms with Crippen LogP contribution in [0.1, 0.15) is 24.8 Å². The first-order valence-electron chi connectivity index (χ1n) is 4.79. The molecule has 3 heteroatoms. The number of rotatable bonds is 5. The van der Waals surface area contributed by atoms with Crippen molar-refractivity contribution in [3.63, 3.8) is 0 Å². The molecule has 1 aromatic rings. The van der Waals surface area contributed by atoms with E-state index in [0.717, 1.165) is 23.7 Å². The number of hydrogen-bond acceptors (Lipinski definition) is 2. The number of aliphatic hydroxyl groups is 2. The number of unbranched alkanes of at least 4 members (excludes halogenated alkanes) is 1. The topological polar surface area (TPSA) is 40.5 Å². The fourth-order valence-corrected chi connectivity index (χ4v) is 1.80. The van der Waals surface area contributed by atoms with Crippen LogP contribution in [0.3, 0.4) is 0 Å². The standard InChI is InChI=1S/C11H15BrO2/c12-10-6-3-5-9(8-10)4-1-2-7-11(13)14/h3,5-6,8,11,13-14H,1-2,4,7H2. The van der Waals surface area contributed by atoms with Crippen molar-refractivity contribution in [2.45, 2.75) is 32.0 Å². The highest BCUT2D eigenvalue weighted by Gasteiger charge is 1.98. The molecule has 0 bridgehead atoms. The van der Waals surface area contributed by atoms with Crippen LogP contribution in [0.2, 0.25) is 0 Å². The van der Waals surface area contributed by atoms with E-state index in [-0.39, 0.29) is 0 Å². The molecule has 0 spiro atoms. The third kappa shape index (κ3) is 4.74. The highest BCUT2D eigenvalue weighted by Crippen LogP contribution is 2.14. The Morgan fingerprint density at radius 2 is 2.00 bits per heavy atom. The smallest absolute Gasteiger partial charge is 0.151 e. The Kier molecular flexibility index (Phi) is 5.15. The molecule has 0 aliphatic carbocycles. The van der Waals surface area contributed by atoms with Gasteiger partial charge < -0.3 is 10.2 Å². The molecule has 0 amide bonds. The molecule has 0 atom stereocenters. The minimum atomic E-state index is -1.16. The van der Waals surface area contributed by atoms with Crippen molar-refractivity contribution < 1.29 is 10.2 Å². The van der Waals surface area contributed by atoms with Gasteiger partial charge in [-0.3, -0.25) is 0 Å². The van der Waals surface area contributed by atoms with E-state index < -0.39 is 6.29 Å². The molecule has 0 saturated heterocycles. The molecular formula is C11H15BrO2. The summed E-state index contributed by atoms with van der Waals surface area (Å²) < 4.78 is 1.09. The van der Waals surface area contributed by atoms with Gasteiger partial charge in [-0.2, -0.15) is 0 Å². The van der Waals surface area contributed by atoms with Gasteiger partial charge >= 0.3 is 0 Å². The molecular weight excluding hydrogens is 244 g/mol. The summed E-state index contributed by atoms with van der Waals surface area (Å²) in [5.74, 6) is 0. The molecule has 0 radical (unpaired) electrons. The van der Waals surface area contributed by atoms with Crippen LogP contribution in [-0.4, -0.2) is 16.5 Å². The van der Waals surface area contributed by atoms with E-state index in [1.165, 1.54) is 5.56 Å². The van der Waals surface area contributed by atoms with Gasteiger partial charge in [0.25, 0.3) is 0 Å². The van der Waals surface area contributed by atoms with Crippen LogP contribution in [0, 0.1) is 0 Å². The fourth-order valence-electron chi connectivity index (χ4n) is 1.35. The Morgan fingerprint density at radius 1 is 1.21 bits per heavy atom. The first kappa shape index (κ1) is 11.7. The van der Waals surface area contributed by atoms with Crippen LogP contribution in [-0.2, 0) is 6.42 Å². The Morgan fingerprint density at radius 3 is 2.64 bits per heavy atom. The SMILES string of the molecule is OC(O)CCCCc1cccc(Br)c1.